The first kappa shape index (κ1) is 7.55. The van der Waals surface area contributed by atoms with Crippen LogP contribution in [-0.4, -0.2) is 19.9 Å². The second kappa shape index (κ2) is 3.11. The van der Waals surface area contributed by atoms with Crippen LogP contribution in [-0.2, 0) is 6.42 Å². The molecule has 0 spiro atoms. The van der Waals surface area contributed by atoms with Crippen LogP contribution in [0.3, 0.4) is 0 Å². The number of aromatic nitrogens is 4. The predicted octanol–water partition coefficient (Wildman–Crippen LogP) is 0.486. The zero-order valence-electron chi connectivity index (χ0n) is 6.68. The Morgan fingerprint density at radius 3 is 2.92 bits per heavy atom. The van der Waals surface area contributed by atoms with Crippen molar-refractivity contribution in [1.82, 2.24) is 19.9 Å². The number of hydrogen-bond donors (Lipinski definition) is 0. The molecule has 0 radical (unpaired) electrons. The highest BCUT2D eigenvalue weighted by atomic mass is 15.0. The van der Waals surface area contributed by atoms with Crippen LogP contribution < -0.4 is 0 Å². The first-order valence-corrected chi connectivity index (χ1v) is 3.70. The van der Waals surface area contributed by atoms with E-state index in [-0.39, 0.29) is 6.42 Å². The van der Waals surface area contributed by atoms with E-state index < -0.39 is 0 Å². The van der Waals surface area contributed by atoms with Gasteiger partial charge in [-0.25, -0.2) is 19.9 Å². The van der Waals surface area contributed by atoms with Crippen LogP contribution in [0, 0.1) is 11.3 Å². The molecular weight excluding hydrogens is 166 g/mol. The molecule has 0 atom stereocenters. The fourth-order valence-corrected chi connectivity index (χ4v) is 0.961. The molecule has 2 aromatic heterocycles. The summed E-state index contributed by atoms with van der Waals surface area (Å²) >= 11 is 0. The zero-order valence-corrected chi connectivity index (χ0v) is 6.68. The summed E-state index contributed by atoms with van der Waals surface area (Å²) in [5.41, 5.74) is 1.17. The van der Waals surface area contributed by atoms with E-state index in [1.54, 1.807) is 18.6 Å². The first-order valence-electron chi connectivity index (χ1n) is 3.70. The van der Waals surface area contributed by atoms with Gasteiger partial charge in [0, 0.05) is 12.4 Å². The number of nitriles is 1. The average Bonchev–Trinajstić information content (AvgIpc) is 2.18. The Morgan fingerprint density at radius 2 is 2.08 bits per heavy atom. The van der Waals surface area contributed by atoms with E-state index in [1.165, 1.54) is 0 Å². The van der Waals surface area contributed by atoms with E-state index in [2.05, 4.69) is 19.9 Å². The monoisotopic (exact) mass is 171 g/mol. The Bertz CT molecular complexity index is 473. The van der Waals surface area contributed by atoms with Gasteiger partial charge in [0.15, 0.2) is 5.65 Å². The Morgan fingerprint density at radius 1 is 1.23 bits per heavy atom. The number of fused-ring (bicyclic) bond motifs is 1. The summed E-state index contributed by atoms with van der Waals surface area (Å²) in [7, 11) is 0. The molecule has 0 aliphatic rings. The molecule has 0 saturated carbocycles. The van der Waals surface area contributed by atoms with Crippen molar-refractivity contribution in [2.75, 3.05) is 0 Å². The fraction of sp³-hybridized carbons (Fsp3) is 0.125. The van der Waals surface area contributed by atoms with Crippen molar-refractivity contribution in [2.24, 2.45) is 0 Å². The lowest BCUT2D eigenvalue weighted by molar-refractivity contribution is 1.00. The second-order valence-corrected chi connectivity index (χ2v) is 2.39. The third-order valence-electron chi connectivity index (χ3n) is 1.51. The molecule has 0 bridgehead atoms. The van der Waals surface area contributed by atoms with Crippen molar-refractivity contribution in [1.29, 1.82) is 5.26 Å². The maximum absolute atomic E-state index is 8.43. The van der Waals surface area contributed by atoms with E-state index in [0.717, 1.165) is 0 Å². The molecule has 62 valence electrons. The van der Waals surface area contributed by atoms with E-state index in [1.807, 2.05) is 6.07 Å². The van der Waals surface area contributed by atoms with Gasteiger partial charge in [-0.2, -0.15) is 5.26 Å². The van der Waals surface area contributed by atoms with E-state index in [4.69, 9.17) is 5.26 Å². The van der Waals surface area contributed by atoms with Gasteiger partial charge in [0.25, 0.3) is 0 Å². The predicted molar refractivity (Wildman–Crippen MR) is 44.4 cm³/mol. The zero-order chi connectivity index (χ0) is 9.10. The highest BCUT2D eigenvalue weighted by molar-refractivity contribution is 5.67. The van der Waals surface area contributed by atoms with Gasteiger partial charge in [0.2, 0.25) is 0 Å². The molecule has 13 heavy (non-hydrogen) atoms. The van der Waals surface area contributed by atoms with Crippen LogP contribution in [0.4, 0.5) is 0 Å². The largest absolute Gasteiger partial charge is 0.250 e. The van der Waals surface area contributed by atoms with Crippen molar-refractivity contribution in [3.8, 4) is 6.07 Å². The summed E-state index contributed by atoms with van der Waals surface area (Å²) in [6.07, 6.45) is 4.91. The SMILES string of the molecule is N#CCc1ncc2nccnc2n1. The van der Waals surface area contributed by atoms with Crippen LogP contribution in [0.5, 0.6) is 0 Å². The summed E-state index contributed by atoms with van der Waals surface area (Å²) in [4.78, 5) is 16.0. The van der Waals surface area contributed by atoms with Gasteiger partial charge in [-0.3, -0.25) is 0 Å². The molecule has 0 saturated heterocycles. The van der Waals surface area contributed by atoms with Crippen LogP contribution in [0.2, 0.25) is 0 Å². The van der Waals surface area contributed by atoms with Crippen molar-refractivity contribution < 1.29 is 0 Å². The normalized spacial score (nSPS) is 9.77. The molecule has 0 aliphatic heterocycles. The molecule has 0 aromatic carbocycles. The highest BCUT2D eigenvalue weighted by Gasteiger charge is 1.99. The Kier molecular flexibility index (Phi) is 1.81. The Balaban J connectivity index is 2.57. The lowest BCUT2D eigenvalue weighted by Crippen LogP contribution is -1.95. The van der Waals surface area contributed by atoms with Gasteiger partial charge in [0.1, 0.15) is 11.3 Å². The van der Waals surface area contributed by atoms with E-state index in [9.17, 15) is 0 Å². The summed E-state index contributed by atoms with van der Waals surface area (Å²) in [6, 6.07) is 1.98. The molecule has 0 unspecified atom stereocenters. The molecule has 2 heterocycles. The molecular formula is C8H5N5. The summed E-state index contributed by atoms with van der Waals surface area (Å²) < 4.78 is 0. The van der Waals surface area contributed by atoms with Crippen molar-refractivity contribution in [2.45, 2.75) is 6.42 Å². The number of nitrogens with zero attached hydrogens (tertiary/aromatic N) is 5. The number of hydrogen-bond acceptors (Lipinski definition) is 5. The van der Waals surface area contributed by atoms with Gasteiger partial charge >= 0.3 is 0 Å². The van der Waals surface area contributed by atoms with E-state index in [0.29, 0.717) is 17.0 Å². The summed E-state index contributed by atoms with van der Waals surface area (Å²) in [6.45, 7) is 0. The topological polar surface area (TPSA) is 75.3 Å². The second-order valence-electron chi connectivity index (χ2n) is 2.39. The minimum absolute atomic E-state index is 0.201. The number of rotatable bonds is 1. The quantitative estimate of drug-likeness (QED) is 0.624. The van der Waals surface area contributed by atoms with Crippen LogP contribution >= 0.6 is 0 Å². The first-order chi connectivity index (χ1) is 6.40. The average molecular weight is 171 g/mol. The van der Waals surface area contributed by atoms with Crippen molar-refractivity contribution in [3.63, 3.8) is 0 Å². The van der Waals surface area contributed by atoms with Gasteiger partial charge in [0.05, 0.1) is 18.7 Å². The molecule has 0 aliphatic carbocycles. The third kappa shape index (κ3) is 1.42. The van der Waals surface area contributed by atoms with Gasteiger partial charge < -0.3 is 0 Å². The van der Waals surface area contributed by atoms with Gasteiger partial charge in [-0.05, 0) is 0 Å². The summed E-state index contributed by atoms with van der Waals surface area (Å²) in [5, 5.41) is 8.43. The molecule has 0 N–H and O–H groups in total. The lowest BCUT2D eigenvalue weighted by atomic mass is 10.4. The highest BCUT2D eigenvalue weighted by Crippen LogP contribution is 2.02. The Labute approximate surface area is 74.1 Å². The molecule has 0 fully saturated rings. The van der Waals surface area contributed by atoms with E-state index >= 15 is 0 Å². The van der Waals surface area contributed by atoms with Crippen LogP contribution in [0.25, 0.3) is 11.2 Å². The van der Waals surface area contributed by atoms with Crippen molar-refractivity contribution in [3.05, 3.63) is 24.4 Å². The third-order valence-corrected chi connectivity index (χ3v) is 1.51. The maximum atomic E-state index is 8.43. The lowest BCUT2D eigenvalue weighted by Gasteiger charge is -1.95. The molecule has 5 heteroatoms. The maximum Gasteiger partial charge on any atom is 0.181 e. The molecule has 5 nitrogen and oxygen atoms in total. The molecule has 2 aromatic rings. The molecule has 0 amide bonds. The fourth-order valence-electron chi connectivity index (χ4n) is 0.961. The van der Waals surface area contributed by atoms with Gasteiger partial charge in [-0.1, -0.05) is 0 Å². The standard InChI is InChI=1S/C8H5N5/c9-2-1-7-12-5-6-8(13-7)11-4-3-10-6/h3-5H,1H2. The minimum atomic E-state index is 0.201. The minimum Gasteiger partial charge on any atom is -0.250 e. The summed E-state index contributed by atoms with van der Waals surface area (Å²) in [5.74, 6) is 0.482. The van der Waals surface area contributed by atoms with Gasteiger partial charge in [-0.15, -0.1) is 0 Å². The van der Waals surface area contributed by atoms with Crippen LogP contribution in [0.1, 0.15) is 5.82 Å². The smallest absolute Gasteiger partial charge is 0.181 e. The Hall–Kier alpha value is -2.09. The van der Waals surface area contributed by atoms with Crippen LogP contribution in [0.15, 0.2) is 18.6 Å². The van der Waals surface area contributed by atoms with Crippen molar-refractivity contribution >= 4 is 11.2 Å². The molecule has 2 rings (SSSR count).